The van der Waals surface area contributed by atoms with Crippen LogP contribution in [0.4, 0.5) is 5.69 Å². The van der Waals surface area contributed by atoms with Gasteiger partial charge in [-0.2, -0.15) is 0 Å². The second-order valence-electron chi connectivity index (χ2n) is 6.00. The lowest BCUT2D eigenvalue weighted by atomic mass is 9.80. The molecule has 0 saturated carbocycles. The highest BCUT2D eigenvalue weighted by atomic mass is 79.9. The fraction of sp³-hybridized carbons (Fsp3) is 0.143. The highest BCUT2D eigenvalue weighted by molar-refractivity contribution is 9.10. The highest BCUT2D eigenvalue weighted by Gasteiger charge is 2.28. The van der Waals surface area contributed by atoms with E-state index < -0.39 is 0 Å². The predicted octanol–water partition coefficient (Wildman–Crippen LogP) is 6.14. The van der Waals surface area contributed by atoms with Crippen LogP contribution in [0.3, 0.4) is 0 Å². The van der Waals surface area contributed by atoms with Crippen molar-refractivity contribution in [2.45, 2.75) is 18.4 Å². The van der Waals surface area contributed by atoms with Gasteiger partial charge < -0.3 is 5.32 Å². The Labute approximate surface area is 145 Å². The SMILES string of the molecule is Brc1ccccc1[C@@H]1C[C@H](c2ccccc2)c2ccccc2N1. The second kappa shape index (κ2) is 6.21. The van der Waals surface area contributed by atoms with E-state index in [-0.39, 0.29) is 0 Å². The number of nitrogens with one attached hydrogen (secondary N) is 1. The van der Waals surface area contributed by atoms with Gasteiger partial charge in [-0.15, -0.1) is 0 Å². The Balaban J connectivity index is 1.79. The van der Waals surface area contributed by atoms with Crippen LogP contribution in [0.2, 0.25) is 0 Å². The van der Waals surface area contributed by atoms with Crippen molar-refractivity contribution in [3.05, 3.63) is 100 Å². The maximum atomic E-state index is 3.72. The summed E-state index contributed by atoms with van der Waals surface area (Å²) in [5.41, 5.74) is 5.34. The van der Waals surface area contributed by atoms with Gasteiger partial charge in [-0.1, -0.05) is 82.7 Å². The van der Waals surface area contributed by atoms with Crippen LogP contribution < -0.4 is 5.32 Å². The zero-order chi connectivity index (χ0) is 15.6. The molecule has 0 radical (unpaired) electrons. The largest absolute Gasteiger partial charge is 0.378 e. The van der Waals surface area contributed by atoms with Gasteiger partial charge in [0.25, 0.3) is 0 Å². The summed E-state index contributed by atoms with van der Waals surface area (Å²) < 4.78 is 1.17. The minimum atomic E-state index is 0.311. The van der Waals surface area contributed by atoms with Crippen LogP contribution >= 0.6 is 15.9 Å². The third-order valence-electron chi connectivity index (χ3n) is 4.62. The van der Waals surface area contributed by atoms with Crippen molar-refractivity contribution in [1.29, 1.82) is 0 Å². The van der Waals surface area contributed by atoms with Gasteiger partial charge in [0.1, 0.15) is 0 Å². The third kappa shape index (κ3) is 2.79. The van der Waals surface area contributed by atoms with E-state index in [4.69, 9.17) is 0 Å². The van der Waals surface area contributed by atoms with Crippen molar-refractivity contribution in [3.63, 3.8) is 0 Å². The fourth-order valence-electron chi connectivity index (χ4n) is 3.51. The Morgan fingerprint density at radius 2 is 1.39 bits per heavy atom. The molecule has 3 aromatic carbocycles. The molecule has 0 unspecified atom stereocenters. The molecule has 1 N–H and O–H groups in total. The van der Waals surface area contributed by atoms with Crippen molar-refractivity contribution < 1.29 is 0 Å². The molecule has 114 valence electrons. The zero-order valence-electron chi connectivity index (χ0n) is 12.7. The van der Waals surface area contributed by atoms with Gasteiger partial charge in [0, 0.05) is 16.1 Å². The summed E-state index contributed by atoms with van der Waals surface area (Å²) in [5, 5.41) is 3.72. The van der Waals surface area contributed by atoms with E-state index >= 15 is 0 Å². The van der Waals surface area contributed by atoms with Gasteiger partial charge in [0.05, 0.1) is 6.04 Å². The van der Waals surface area contributed by atoms with Crippen molar-refractivity contribution in [2.75, 3.05) is 5.32 Å². The highest BCUT2D eigenvalue weighted by Crippen LogP contribution is 2.44. The molecule has 0 amide bonds. The summed E-state index contributed by atoms with van der Waals surface area (Å²) in [7, 11) is 0. The van der Waals surface area contributed by atoms with E-state index in [1.54, 1.807) is 0 Å². The molecular formula is C21H18BrN. The second-order valence-corrected chi connectivity index (χ2v) is 6.86. The van der Waals surface area contributed by atoms with Crippen LogP contribution in [-0.2, 0) is 0 Å². The number of anilines is 1. The zero-order valence-corrected chi connectivity index (χ0v) is 14.3. The molecule has 1 aliphatic heterocycles. The Hall–Kier alpha value is -2.06. The van der Waals surface area contributed by atoms with Gasteiger partial charge in [0.15, 0.2) is 0 Å². The van der Waals surface area contributed by atoms with Crippen molar-refractivity contribution in [3.8, 4) is 0 Å². The number of halogens is 1. The number of benzene rings is 3. The van der Waals surface area contributed by atoms with Gasteiger partial charge in [-0.25, -0.2) is 0 Å². The Kier molecular flexibility index (Phi) is 3.92. The molecule has 1 nitrogen and oxygen atoms in total. The molecule has 2 atom stereocenters. The maximum Gasteiger partial charge on any atom is 0.0534 e. The smallest absolute Gasteiger partial charge is 0.0534 e. The van der Waals surface area contributed by atoms with E-state index in [1.165, 1.54) is 26.9 Å². The summed E-state index contributed by atoms with van der Waals surface area (Å²) in [6.07, 6.45) is 1.06. The Morgan fingerprint density at radius 3 is 2.17 bits per heavy atom. The standard InChI is InChI=1S/C21H18BrN/c22-19-12-6-4-11-17(19)21-14-18(15-8-2-1-3-9-15)16-10-5-7-13-20(16)23-21/h1-13,18,21,23H,14H2/t18-,21+/m1/s1. The first-order valence-electron chi connectivity index (χ1n) is 7.98. The molecule has 1 aliphatic rings. The van der Waals surface area contributed by atoms with E-state index in [1.807, 2.05) is 0 Å². The summed E-state index contributed by atoms with van der Waals surface area (Å²) in [5.74, 6) is 0.422. The molecule has 23 heavy (non-hydrogen) atoms. The quantitative estimate of drug-likeness (QED) is 0.576. The van der Waals surface area contributed by atoms with E-state index in [0.717, 1.165) is 6.42 Å². The first-order valence-corrected chi connectivity index (χ1v) is 8.77. The van der Waals surface area contributed by atoms with Crippen molar-refractivity contribution in [2.24, 2.45) is 0 Å². The van der Waals surface area contributed by atoms with Gasteiger partial charge >= 0.3 is 0 Å². The molecule has 0 fully saturated rings. The average Bonchev–Trinajstić information content (AvgIpc) is 2.62. The van der Waals surface area contributed by atoms with Crippen LogP contribution in [0, 0.1) is 0 Å². The Bertz CT molecular complexity index is 813. The molecule has 0 aromatic heterocycles. The van der Waals surface area contributed by atoms with Crippen molar-refractivity contribution >= 4 is 21.6 Å². The van der Waals surface area contributed by atoms with Crippen LogP contribution in [-0.4, -0.2) is 0 Å². The van der Waals surface area contributed by atoms with Crippen LogP contribution in [0.1, 0.15) is 35.1 Å². The van der Waals surface area contributed by atoms with E-state index in [0.29, 0.717) is 12.0 Å². The molecule has 0 aliphatic carbocycles. The van der Waals surface area contributed by atoms with Crippen molar-refractivity contribution in [1.82, 2.24) is 0 Å². The molecule has 3 aromatic rings. The molecule has 1 heterocycles. The molecule has 4 rings (SSSR count). The molecule has 2 heteroatoms. The monoisotopic (exact) mass is 363 g/mol. The number of fused-ring (bicyclic) bond motifs is 1. The maximum absolute atomic E-state index is 3.72. The van der Waals surface area contributed by atoms with E-state index in [9.17, 15) is 0 Å². The lowest BCUT2D eigenvalue weighted by molar-refractivity contribution is 0.602. The first kappa shape index (κ1) is 14.5. The van der Waals surface area contributed by atoms with Crippen LogP contribution in [0.15, 0.2) is 83.3 Å². The first-order chi connectivity index (χ1) is 11.3. The van der Waals surface area contributed by atoms with Gasteiger partial charge in [-0.05, 0) is 35.2 Å². The Morgan fingerprint density at radius 1 is 0.739 bits per heavy atom. The molecule has 0 spiro atoms. The summed E-state index contributed by atoms with van der Waals surface area (Å²) >= 11 is 3.71. The predicted molar refractivity (Wildman–Crippen MR) is 99.8 cm³/mol. The minimum Gasteiger partial charge on any atom is -0.378 e. The van der Waals surface area contributed by atoms with E-state index in [2.05, 4.69) is 100 Å². The van der Waals surface area contributed by atoms with Crippen LogP contribution in [0.25, 0.3) is 0 Å². The third-order valence-corrected chi connectivity index (χ3v) is 5.34. The lowest BCUT2D eigenvalue weighted by Crippen LogP contribution is -2.22. The normalized spacial score (nSPS) is 19.7. The molecule has 0 bridgehead atoms. The number of hydrogen-bond donors (Lipinski definition) is 1. The number of hydrogen-bond acceptors (Lipinski definition) is 1. The summed E-state index contributed by atoms with van der Waals surface area (Å²) in [6, 6.07) is 28.3. The minimum absolute atomic E-state index is 0.311. The molecule has 0 saturated heterocycles. The summed E-state index contributed by atoms with van der Waals surface area (Å²) in [6.45, 7) is 0. The summed E-state index contributed by atoms with van der Waals surface area (Å²) in [4.78, 5) is 0. The lowest BCUT2D eigenvalue weighted by Gasteiger charge is -2.34. The van der Waals surface area contributed by atoms with Gasteiger partial charge in [0.2, 0.25) is 0 Å². The van der Waals surface area contributed by atoms with Gasteiger partial charge in [-0.3, -0.25) is 0 Å². The molecular weight excluding hydrogens is 346 g/mol. The average molecular weight is 364 g/mol. The topological polar surface area (TPSA) is 12.0 Å². The fourth-order valence-corrected chi connectivity index (χ4v) is 4.07. The number of rotatable bonds is 2. The van der Waals surface area contributed by atoms with Crippen LogP contribution in [0.5, 0.6) is 0 Å². The number of para-hydroxylation sites is 1.